The standard InChI is InChI=1S/C36H48O12/c1-13(2)9-22(40)48-31-29-19(46-29)11-18-27(41)28(42)23-17(33(18,31)6)12-20(39)36(15(4)37)24-14(3)10-21-34(7,35(8,44)32(43)47-21)26(24)30(25(23)36)45-16(5)38/h10,13-14,17-20,23-26,28-31,39,42,44H,9,11-12H2,1-8H3/t14-,17?,18-,19+,20+,23-,24+,25-,26+,28-,29+,30-,31+,33-,34+,35-,36-/m1/s1. The average molecular weight is 673 g/mol. The number of carbonyl (C=O) groups excluding carboxylic acids is 5. The van der Waals surface area contributed by atoms with Crippen LogP contribution in [-0.2, 0) is 42.9 Å². The van der Waals surface area contributed by atoms with Crippen LogP contribution in [0.3, 0.4) is 0 Å². The minimum atomic E-state index is -2.09. The van der Waals surface area contributed by atoms with Gasteiger partial charge in [0.1, 0.15) is 36.0 Å². The highest BCUT2D eigenvalue weighted by molar-refractivity contribution is 5.90. The predicted molar refractivity (Wildman–Crippen MR) is 164 cm³/mol. The number of aliphatic hydroxyl groups is 3. The molecule has 12 heteroatoms. The lowest BCUT2D eigenvalue weighted by atomic mass is 9.41. The molecule has 2 aliphatic heterocycles. The van der Waals surface area contributed by atoms with Crippen molar-refractivity contribution in [3.05, 3.63) is 11.8 Å². The van der Waals surface area contributed by atoms with E-state index < -0.39 is 123 Å². The molecule has 0 aromatic rings. The van der Waals surface area contributed by atoms with E-state index in [1.165, 1.54) is 20.8 Å². The molecule has 4 saturated carbocycles. The van der Waals surface area contributed by atoms with Crippen molar-refractivity contribution in [2.75, 3.05) is 0 Å². The van der Waals surface area contributed by atoms with Crippen molar-refractivity contribution in [3.8, 4) is 0 Å². The number of Topliss-reactive ketones (excluding diaryl/α,β-unsaturated/α-hetero) is 2. The third-order valence-corrected chi connectivity index (χ3v) is 14.2. The molecule has 2 heterocycles. The molecule has 48 heavy (non-hydrogen) atoms. The second-order valence-electron chi connectivity index (χ2n) is 16.8. The Kier molecular flexibility index (Phi) is 7.35. The molecule has 12 nitrogen and oxygen atoms in total. The maximum absolute atomic E-state index is 14.4. The van der Waals surface area contributed by atoms with E-state index in [9.17, 15) is 39.3 Å². The van der Waals surface area contributed by atoms with Crippen LogP contribution in [0.1, 0.15) is 74.7 Å². The van der Waals surface area contributed by atoms with Crippen LogP contribution in [0.4, 0.5) is 0 Å². The fourth-order valence-electron chi connectivity index (χ4n) is 12.1. The van der Waals surface area contributed by atoms with Gasteiger partial charge in [0.15, 0.2) is 11.4 Å². The predicted octanol–water partition coefficient (Wildman–Crippen LogP) is 1.90. The third kappa shape index (κ3) is 3.94. The molecule has 3 N–H and O–H groups in total. The Bertz CT molecular complexity index is 1520. The zero-order chi connectivity index (χ0) is 35.2. The minimum absolute atomic E-state index is 0.00442. The molecule has 0 radical (unpaired) electrons. The number of ether oxygens (including phenoxy) is 4. The Labute approximate surface area is 279 Å². The van der Waals surface area contributed by atoms with Gasteiger partial charge in [0.2, 0.25) is 0 Å². The van der Waals surface area contributed by atoms with Crippen molar-refractivity contribution in [2.45, 2.75) is 117 Å². The molecule has 5 aliphatic carbocycles. The first-order valence-corrected chi connectivity index (χ1v) is 17.4. The van der Waals surface area contributed by atoms with Gasteiger partial charge in [0.05, 0.1) is 23.0 Å². The number of allylic oxidation sites excluding steroid dienone is 1. The monoisotopic (exact) mass is 672 g/mol. The first kappa shape index (κ1) is 33.8. The van der Waals surface area contributed by atoms with Crippen molar-refractivity contribution in [1.29, 1.82) is 0 Å². The van der Waals surface area contributed by atoms with Gasteiger partial charge in [-0.25, -0.2) is 4.79 Å². The molecule has 0 aromatic heterocycles. The van der Waals surface area contributed by atoms with E-state index in [2.05, 4.69) is 0 Å². The Balaban J connectivity index is 1.43. The Morgan fingerprint density at radius 1 is 1.02 bits per heavy atom. The normalized spacial score (nSPS) is 52.8. The number of aliphatic hydroxyl groups excluding tert-OH is 2. The van der Waals surface area contributed by atoms with Crippen LogP contribution in [0.5, 0.6) is 0 Å². The molecule has 0 amide bonds. The number of rotatable bonds is 5. The molecule has 1 unspecified atom stereocenters. The maximum Gasteiger partial charge on any atom is 0.343 e. The summed E-state index contributed by atoms with van der Waals surface area (Å²) in [6.45, 7) is 13.1. The van der Waals surface area contributed by atoms with Crippen molar-refractivity contribution in [1.82, 2.24) is 0 Å². The van der Waals surface area contributed by atoms with E-state index in [1.54, 1.807) is 13.0 Å². The fraction of sp³-hybridized carbons (Fsp3) is 0.806. The maximum atomic E-state index is 14.4. The van der Waals surface area contributed by atoms with E-state index >= 15 is 0 Å². The lowest BCUT2D eigenvalue weighted by Crippen LogP contribution is -2.71. The summed E-state index contributed by atoms with van der Waals surface area (Å²) in [6.07, 6.45) is -3.59. The van der Waals surface area contributed by atoms with Crippen molar-refractivity contribution < 1.29 is 58.2 Å². The largest absolute Gasteiger partial charge is 0.462 e. The molecule has 0 spiro atoms. The second-order valence-corrected chi connectivity index (χ2v) is 16.8. The van der Waals surface area contributed by atoms with E-state index in [4.69, 9.17) is 18.9 Å². The summed E-state index contributed by atoms with van der Waals surface area (Å²) in [6, 6.07) is 0. The highest BCUT2D eigenvalue weighted by Crippen LogP contribution is 2.75. The van der Waals surface area contributed by atoms with Gasteiger partial charge in [-0.05, 0) is 63.4 Å². The highest BCUT2D eigenvalue weighted by Gasteiger charge is 2.83. The molecular weight excluding hydrogens is 624 g/mol. The number of fused-ring (bicyclic) bond motifs is 10. The zero-order valence-corrected chi connectivity index (χ0v) is 28.8. The van der Waals surface area contributed by atoms with Gasteiger partial charge >= 0.3 is 17.9 Å². The smallest absolute Gasteiger partial charge is 0.343 e. The molecule has 7 aliphatic rings. The molecule has 6 fully saturated rings. The van der Waals surface area contributed by atoms with Crippen LogP contribution < -0.4 is 0 Å². The van der Waals surface area contributed by atoms with Gasteiger partial charge in [0, 0.05) is 42.4 Å². The molecule has 7 rings (SSSR count). The number of epoxide rings is 1. The van der Waals surface area contributed by atoms with Crippen LogP contribution in [0.25, 0.3) is 0 Å². The van der Waals surface area contributed by atoms with E-state index in [0.717, 1.165) is 0 Å². The van der Waals surface area contributed by atoms with E-state index in [1.807, 2.05) is 27.7 Å². The van der Waals surface area contributed by atoms with Crippen LogP contribution >= 0.6 is 0 Å². The molecule has 2 saturated heterocycles. The van der Waals surface area contributed by atoms with Gasteiger partial charge < -0.3 is 34.3 Å². The van der Waals surface area contributed by atoms with Crippen molar-refractivity contribution in [2.24, 2.45) is 63.6 Å². The first-order valence-electron chi connectivity index (χ1n) is 17.4. The number of ketones is 2. The summed E-state index contributed by atoms with van der Waals surface area (Å²) in [5.41, 5.74) is -6.31. The number of hydrogen-bond donors (Lipinski definition) is 3. The topological polar surface area (TPSA) is 186 Å². The van der Waals surface area contributed by atoms with Gasteiger partial charge in [-0.3, -0.25) is 19.2 Å². The zero-order valence-electron chi connectivity index (χ0n) is 28.8. The average Bonchev–Trinajstić information content (AvgIpc) is 3.64. The van der Waals surface area contributed by atoms with Gasteiger partial charge in [-0.1, -0.05) is 27.7 Å². The van der Waals surface area contributed by atoms with Gasteiger partial charge in [-0.15, -0.1) is 0 Å². The molecule has 0 bridgehead atoms. The molecular formula is C36H48O12. The molecule has 17 atom stereocenters. The van der Waals surface area contributed by atoms with Gasteiger partial charge in [0.25, 0.3) is 0 Å². The van der Waals surface area contributed by atoms with Gasteiger partial charge in [-0.2, -0.15) is 0 Å². The summed E-state index contributed by atoms with van der Waals surface area (Å²) < 4.78 is 23.9. The minimum Gasteiger partial charge on any atom is -0.462 e. The summed E-state index contributed by atoms with van der Waals surface area (Å²) in [4.78, 5) is 68.0. The number of esters is 3. The van der Waals surface area contributed by atoms with Crippen LogP contribution in [0, 0.1) is 63.6 Å². The number of carbonyl (C=O) groups is 5. The number of hydrogen-bond acceptors (Lipinski definition) is 12. The third-order valence-electron chi connectivity index (χ3n) is 14.2. The van der Waals surface area contributed by atoms with Crippen LogP contribution in [0.15, 0.2) is 11.8 Å². The first-order chi connectivity index (χ1) is 22.3. The summed E-state index contributed by atoms with van der Waals surface area (Å²) in [5.74, 6) is -8.39. The highest BCUT2D eigenvalue weighted by atomic mass is 16.6. The van der Waals surface area contributed by atoms with Crippen molar-refractivity contribution >= 4 is 29.5 Å². The quantitative estimate of drug-likeness (QED) is 0.219. The Morgan fingerprint density at radius 2 is 1.69 bits per heavy atom. The van der Waals surface area contributed by atoms with E-state index in [0.29, 0.717) is 6.42 Å². The SMILES string of the molecule is CC(=O)O[C@@H]1[C@H]2[C@H]3C(C[C@H](O)[C@]2(C(C)=O)[C@@H]2[C@@H]1[C@]1(C)C(=C[C@H]2C)OC(=O)[C@@]1(C)O)[C@]1(C)[C@H](C[C@@H]2O[C@@H]2[C@@H]1OC(=O)CC(C)C)C(=O)[C@@H]3O. The van der Waals surface area contributed by atoms with Crippen molar-refractivity contribution in [3.63, 3.8) is 0 Å². The molecule has 0 aromatic carbocycles. The van der Waals surface area contributed by atoms with Crippen LogP contribution in [-0.4, -0.2) is 87.0 Å². The second kappa shape index (κ2) is 10.4. The van der Waals surface area contributed by atoms with E-state index in [-0.39, 0.29) is 30.6 Å². The lowest BCUT2D eigenvalue weighted by molar-refractivity contribution is -0.231. The molecule has 264 valence electrons. The lowest BCUT2D eigenvalue weighted by Gasteiger charge is -2.63. The Morgan fingerprint density at radius 3 is 2.29 bits per heavy atom. The summed E-state index contributed by atoms with van der Waals surface area (Å²) in [7, 11) is 0. The Hall–Kier alpha value is -2.67. The summed E-state index contributed by atoms with van der Waals surface area (Å²) >= 11 is 0. The summed E-state index contributed by atoms with van der Waals surface area (Å²) in [5, 5.41) is 36.4. The van der Waals surface area contributed by atoms with Crippen LogP contribution in [0.2, 0.25) is 0 Å². The fourth-order valence-corrected chi connectivity index (χ4v) is 12.1.